The van der Waals surface area contributed by atoms with Crippen molar-refractivity contribution < 1.29 is 9.53 Å². The molecule has 0 N–H and O–H groups in total. The molecule has 2 aromatic carbocycles. The standard InChI is InChI=1S/C21H25N3O2/c1-26-19-8-6-18(7-9-19)22-12-14-23(15-13-22)21(25)16-24-11-10-17-4-2-3-5-20(17)24/h2-9H,10-16H2,1H3. The lowest BCUT2D eigenvalue weighted by molar-refractivity contribution is -0.130. The molecule has 0 aromatic heterocycles. The van der Waals surface area contributed by atoms with Gasteiger partial charge in [-0.2, -0.15) is 0 Å². The summed E-state index contributed by atoms with van der Waals surface area (Å²) >= 11 is 0. The summed E-state index contributed by atoms with van der Waals surface area (Å²) in [4.78, 5) is 19.3. The summed E-state index contributed by atoms with van der Waals surface area (Å²) in [5.41, 5.74) is 3.76. The first-order chi connectivity index (χ1) is 12.7. The van der Waals surface area contributed by atoms with E-state index >= 15 is 0 Å². The molecule has 5 nitrogen and oxygen atoms in total. The zero-order valence-corrected chi connectivity index (χ0v) is 15.2. The molecular formula is C21H25N3O2. The number of piperazine rings is 1. The summed E-state index contributed by atoms with van der Waals surface area (Å²) in [5, 5.41) is 0. The van der Waals surface area contributed by atoms with E-state index in [-0.39, 0.29) is 5.91 Å². The number of carbonyl (C=O) groups is 1. The van der Waals surface area contributed by atoms with Gasteiger partial charge in [-0.1, -0.05) is 18.2 Å². The second kappa shape index (κ2) is 7.28. The minimum atomic E-state index is 0.232. The number of hydrogen-bond donors (Lipinski definition) is 0. The van der Waals surface area contributed by atoms with E-state index in [0.717, 1.165) is 44.9 Å². The van der Waals surface area contributed by atoms with Crippen LogP contribution in [0.1, 0.15) is 5.56 Å². The van der Waals surface area contributed by atoms with Gasteiger partial charge in [0.15, 0.2) is 0 Å². The van der Waals surface area contributed by atoms with E-state index in [9.17, 15) is 4.79 Å². The number of ether oxygens (including phenoxy) is 1. The number of para-hydroxylation sites is 1. The number of methoxy groups -OCH3 is 1. The average Bonchev–Trinajstić information content (AvgIpc) is 3.11. The Kier molecular flexibility index (Phi) is 4.69. The predicted molar refractivity (Wildman–Crippen MR) is 104 cm³/mol. The molecule has 4 rings (SSSR count). The lowest BCUT2D eigenvalue weighted by Crippen LogP contribution is -2.51. The average molecular weight is 351 g/mol. The molecule has 5 heteroatoms. The van der Waals surface area contributed by atoms with Gasteiger partial charge in [-0.3, -0.25) is 4.79 Å². The first-order valence-corrected chi connectivity index (χ1v) is 9.24. The van der Waals surface area contributed by atoms with E-state index in [0.29, 0.717) is 6.54 Å². The summed E-state index contributed by atoms with van der Waals surface area (Å²) in [6.07, 6.45) is 1.04. The van der Waals surface area contributed by atoms with Crippen LogP contribution in [0.5, 0.6) is 5.75 Å². The summed E-state index contributed by atoms with van der Waals surface area (Å²) in [6, 6.07) is 16.5. The van der Waals surface area contributed by atoms with E-state index in [1.165, 1.54) is 16.9 Å². The molecule has 26 heavy (non-hydrogen) atoms. The second-order valence-electron chi connectivity index (χ2n) is 6.87. The molecule has 2 aliphatic heterocycles. The molecule has 2 aromatic rings. The Bertz CT molecular complexity index is 767. The minimum absolute atomic E-state index is 0.232. The number of amides is 1. The van der Waals surface area contributed by atoms with E-state index in [4.69, 9.17) is 4.74 Å². The third kappa shape index (κ3) is 3.34. The third-order valence-electron chi connectivity index (χ3n) is 5.38. The van der Waals surface area contributed by atoms with Gasteiger partial charge in [0.05, 0.1) is 13.7 Å². The number of carbonyl (C=O) groups excluding carboxylic acids is 1. The zero-order chi connectivity index (χ0) is 17.9. The highest BCUT2D eigenvalue weighted by atomic mass is 16.5. The van der Waals surface area contributed by atoms with E-state index in [1.54, 1.807) is 7.11 Å². The fourth-order valence-electron chi connectivity index (χ4n) is 3.84. The van der Waals surface area contributed by atoms with Gasteiger partial charge in [0.25, 0.3) is 0 Å². The van der Waals surface area contributed by atoms with Crippen LogP contribution in [0, 0.1) is 0 Å². The van der Waals surface area contributed by atoms with E-state index in [1.807, 2.05) is 17.0 Å². The van der Waals surface area contributed by atoms with Gasteiger partial charge >= 0.3 is 0 Å². The van der Waals surface area contributed by atoms with Crippen molar-refractivity contribution in [1.29, 1.82) is 0 Å². The highest BCUT2D eigenvalue weighted by molar-refractivity contribution is 5.82. The number of fused-ring (bicyclic) bond motifs is 1. The molecule has 136 valence electrons. The summed E-state index contributed by atoms with van der Waals surface area (Å²) in [6.45, 7) is 4.72. The van der Waals surface area contributed by atoms with Crippen LogP contribution in [-0.4, -0.2) is 57.2 Å². The van der Waals surface area contributed by atoms with Crippen LogP contribution in [0.15, 0.2) is 48.5 Å². The van der Waals surface area contributed by atoms with Gasteiger partial charge in [-0.25, -0.2) is 0 Å². The maximum absolute atomic E-state index is 12.7. The maximum atomic E-state index is 12.7. The number of benzene rings is 2. The second-order valence-corrected chi connectivity index (χ2v) is 6.87. The zero-order valence-electron chi connectivity index (χ0n) is 15.2. The van der Waals surface area contributed by atoms with Crippen LogP contribution < -0.4 is 14.5 Å². The minimum Gasteiger partial charge on any atom is -0.497 e. The molecule has 0 spiro atoms. The van der Waals surface area contributed by atoms with Gasteiger partial charge in [0.1, 0.15) is 5.75 Å². The highest BCUT2D eigenvalue weighted by Crippen LogP contribution is 2.27. The Hall–Kier alpha value is -2.69. The lowest BCUT2D eigenvalue weighted by atomic mass is 10.2. The molecule has 0 aliphatic carbocycles. The molecule has 0 bridgehead atoms. The Labute approximate surface area is 154 Å². The van der Waals surface area contributed by atoms with Crippen LogP contribution in [0.4, 0.5) is 11.4 Å². The van der Waals surface area contributed by atoms with E-state index in [2.05, 4.69) is 46.2 Å². The molecule has 2 aliphatic rings. The molecule has 0 radical (unpaired) electrons. The smallest absolute Gasteiger partial charge is 0.242 e. The van der Waals surface area contributed by atoms with Crippen LogP contribution in [0.2, 0.25) is 0 Å². The van der Waals surface area contributed by atoms with Crippen molar-refractivity contribution in [2.24, 2.45) is 0 Å². The van der Waals surface area contributed by atoms with Crippen LogP contribution in [-0.2, 0) is 11.2 Å². The van der Waals surface area contributed by atoms with Crippen molar-refractivity contribution in [1.82, 2.24) is 4.90 Å². The Balaban J connectivity index is 1.32. The van der Waals surface area contributed by atoms with Crippen molar-refractivity contribution in [2.75, 3.05) is 56.2 Å². The van der Waals surface area contributed by atoms with Crippen molar-refractivity contribution in [2.45, 2.75) is 6.42 Å². The van der Waals surface area contributed by atoms with Crippen LogP contribution in [0.25, 0.3) is 0 Å². The van der Waals surface area contributed by atoms with Crippen molar-refractivity contribution in [3.63, 3.8) is 0 Å². The first kappa shape index (κ1) is 16.8. The monoisotopic (exact) mass is 351 g/mol. The van der Waals surface area contributed by atoms with Crippen LogP contribution >= 0.6 is 0 Å². The fraction of sp³-hybridized carbons (Fsp3) is 0.381. The van der Waals surface area contributed by atoms with Crippen LogP contribution in [0.3, 0.4) is 0 Å². The van der Waals surface area contributed by atoms with Crippen molar-refractivity contribution in [3.05, 3.63) is 54.1 Å². The number of nitrogens with zero attached hydrogens (tertiary/aromatic N) is 3. The molecule has 1 saturated heterocycles. The predicted octanol–water partition coefficient (Wildman–Crippen LogP) is 2.41. The SMILES string of the molecule is COc1ccc(N2CCN(C(=O)CN3CCc4ccccc43)CC2)cc1. The number of hydrogen-bond acceptors (Lipinski definition) is 4. The maximum Gasteiger partial charge on any atom is 0.242 e. The molecule has 0 unspecified atom stereocenters. The quantitative estimate of drug-likeness (QED) is 0.848. The summed E-state index contributed by atoms with van der Waals surface area (Å²) in [5.74, 6) is 1.10. The largest absolute Gasteiger partial charge is 0.497 e. The molecule has 0 atom stereocenters. The van der Waals surface area contributed by atoms with Gasteiger partial charge in [0.2, 0.25) is 5.91 Å². The summed E-state index contributed by atoms with van der Waals surface area (Å²) < 4.78 is 5.22. The van der Waals surface area contributed by atoms with Gasteiger partial charge < -0.3 is 19.4 Å². The third-order valence-corrected chi connectivity index (χ3v) is 5.38. The van der Waals surface area contributed by atoms with Crippen molar-refractivity contribution in [3.8, 4) is 5.75 Å². The number of rotatable bonds is 4. The Morgan fingerprint density at radius 3 is 2.42 bits per heavy atom. The summed E-state index contributed by atoms with van der Waals surface area (Å²) in [7, 11) is 1.68. The topological polar surface area (TPSA) is 36.0 Å². The van der Waals surface area contributed by atoms with Gasteiger partial charge in [-0.05, 0) is 42.3 Å². The first-order valence-electron chi connectivity index (χ1n) is 9.24. The van der Waals surface area contributed by atoms with Gasteiger partial charge in [0, 0.05) is 44.1 Å². The molecule has 1 fully saturated rings. The van der Waals surface area contributed by atoms with E-state index < -0.39 is 0 Å². The molecule has 2 heterocycles. The Morgan fingerprint density at radius 2 is 1.69 bits per heavy atom. The normalized spacial score (nSPS) is 16.6. The number of anilines is 2. The fourth-order valence-corrected chi connectivity index (χ4v) is 3.84. The van der Waals surface area contributed by atoms with Crippen molar-refractivity contribution >= 4 is 17.3 Å². The molecular weight excluding hydrogens is 326 g/mol. The highest BCUT2D eigenvalue weighted by Gasteiger charge is 2.25. The Morgan fingerprint density at radius 1 is 0.962 bits per heavy atom. The van der Waals surface area contributed by atoms with Gasteiger partial charge in [-0.15, -0.1) is 0 Å². The molecule has 1 amide bonds. The lowest BCUT2D eigenvalue weighted by Gasteiger charge is -2.37. The molecule has 0 saturated carbocycles.